The van der Waals surface area contributed by atoms with Crippen LogP contribution in [-0.4, -0.2) is 24.5 Å². The molecule has 0 atom stereocenters. The highest BCUT2D eigenvalue weighted by Crippen LogP contribution is 2.02. The second-order valence-electron chi connectivity index (χ2n) is 4.74. The van der Waals surface area contributed by atoms with E-state index in [4.69, 9.17) is 0 Å². The van der Waals surface area contributed by atoms with Gasteiger partial charge in [0.2, 0.25) is 5.91 Å². The Morgan fingerprint density at radius 2 is 1.74 bits per heavy atom. The van der Waals surface area contributed by atoms with Gasteiger partial charge in [-0.2, -0.15) is 0 Å². The molecule has 1 aromatic rings. The highest BCUT2D eigenvalue weighted by molar-refractivity contribution is 5.83. The quantitative estimate of drug-likeness (QED) is 0.750. The molecule has 0 fully saturated rings. The number of carbonyl (C=O) groups is 2. The van der Waals surface area contributed by atoms with Gasteiger partial charge in [0.05, 0.1) is 6.54 Å². The third-order valence-corrected chi connectivity index (χ3v) is 2.44. The minimum atomic E-state index is -0.333. The Morgan fingerprint density at radius 3 is 2.32 bits per heavy atom. The lowest BCUT2D eigenvalue weighted by Gasteiger charge is -2.10. The number of aryl methyl sites for hydroxylation is 1. The molecule has 0 bridgehead atoms. The van der Waals surface area contributed by atoms with E-state index in [2.05, 4.69) is 16.0 Å². The maximum atomic E-state index is 11.5. The number of nitrogens with one attached hydrogen (secondary N) is 3. The Bertz CT molecular complexity index is 427. The smallest absolute Gasteiger partial charge is 0.315 e. The topological polar surface area (TPSA) is 70.2 Å². The summed E-state index contributed by atoms with van der Waals surface area (Å²) in [5.41, 5.74) is 2.22. The number of rotatable bonds is 5. The van der Waals surface area contributed by atoms with Gasteiger partial charge in [0, 0.05) is 12.6 Å². The van der Waals surface area contributed by atoms with Crippen LogP contribution in [0.3, 0.4) is 0 Å². The predicted molar refractivity (Wildman–Crippen MR) is 74.7 cm³/mol. The molecule has 3 N–H and O–H groups in total. The fraction of sp³-hybridized carbons (Fsp3) is 0.429. The number of urea groups is 1. The first kappa shape index (κ1) is 15.0. The maximum absolute atomic E-state index is 11.5. The van der Waals surface area contributed by atoms with Gasteiger partial charge in [0.25, 0.3) is 0 Å². The summed E-state index contributed by atoms with van der Waals surface area (Å²) in [7, 11) is 0. The van der Waals surface area contributed by atoms with Gasteiger partial charge < -0.3 is 16.0 Å². The van der Waals surface area contributed by atoms with Crippen LogP contribution in [0.4, 0.5) is 4.79 Å². The van der Waals surface area contributed by atoms with Crippen LogP contribution in [-0.2, 0) is 11.3 Å². The molecule has 5 nitrogen and oxygen atoms in total. The summed E-state index contributed by atoms with van der Waals surface area (Å²) >= 11 is 0. The number of hydrogen-bond acceptors (Lipinski definition) is 2. The second-order valence-corrected chi connectivity index (χ2v) is 4.74. The Morgan fingerprint density at radius 1 is 1.11 bits per heavy atom. The molecule has 0 saturated heterocycles. The average molecular weight is 263 g/mol. The lowest BCUT2D eigenvalue weighted by atomic mass is 10.1. The molecule has 0 aliphatic rings. The molecule has 0 unspecified atom stereocenters. The van der Waals surface area contributed by atoms with Crippen molar-refractivity contribution in [3.05, 3.63) is 35.4 Å². The highest BCUT2D eigenvalue weighted by Gasteiger charge is 2.05. The fourth-order valence-electron chi connectivity index (χ4n) is 1.44. The zero-order valence-corrected chi connectivity index (χ0v) is 11.6. The zero-order chi connectivity index (χ0) is 14.3. The molecule has 0 saturated carbocycles. The van der Waals surface area contributed by atoms with E-state index in [0.717, 1.165) is 5.56 Å². The number of carbonyl (C=O) groups excluding carboxylic acids is 2. The summed E-state index contributed by atoms with van der Waals surface area (Å²) in [5, 5.41) is 7.89. The molecule has 0 aromatic heterocycles. The van der Waals surface area contributed by atoms with Crippen molar-refractivity contribution < 1.29 is 9.59 Å². The Labute approximate surface area is 113 Å². The minimum absolute atomic E-state index is 0.0234. The van der Waals surface area contributed by atoms with E-state index < -0.39 is 0 Å². The van der Waals surface area contributed by atoms with Crippen molar-refractivity contribution in [1.82, 2.24) is 16.0 Å². The number of benzene rings is 1. The van der Waals surface area contributed by atoms with Crippen LogP contribution in [0.1, 0.15) is 25.0 Å². The van der Waals surface area contributed by atoms with Crippen LogP contribution >= 0.6 is 0 Å². The van der Waals surface area contributed by atoms with Crippen LogP contribution in [0.2, 0.25) is 0 Å². The minimum Gasteiger partial charge on any atom is -0.350 e. The summed E-state index contributed by atoms with van der Waals surface area (Å²) in [6.45, 7) is 6.17. The van der Waals surface area contributed by atoms with Gasteiger partial charge in [0.15, 0.2) is 0 Å². The molecule has 5 heteroatoms. The van der Waals surface area contributed by atoms with E-state index in [0.29, 0.717) is 6.54 Å². The Hall–Kier alpha value is -2.04. The van der Waals surface area contributed by atoms with E-state index in [1.807, 2.05) is 45.0 Å². The third kappa shape index (κ3) is 6.45. The lowest BCUT2D eigenvalue weighted by Crippen LogP contribution is -2.44. The van der Waals surface area contributed by atoms with Crippen molar-refractivity contribution in [3.63, 3.8) is 0 Å². The molecule has 0 heterocycles. The molecular formula is C14H21N3O2. The summed E-state index contributed by atoms with van der Waals surface area (Å²) in [4.78, 5) is 22.8. The maximum Gasteiger partial charge on any atom is 0.315 e. The molecule has 104 valence electrons. The monoisotopic (exact) mass is 263 g/mol. The van der Waals surface area contributed by atoms with Gasteiger partial charge in [-0.15, -0.1) is 0 Å². The van der Waals surface area contributed by atoms with Gasteiger partial charge in [-0.1, -0.05) is 29.8 Å². The first-order valence-electron chi connectivity index (χ1n) is 6.34. The molecule has 0 aliphatic carbocycles. The first-order valence-corrected chi connectivity index (χ1v) is 6.34. The molecule has 1 rings (SSSR count). The highest BCUT2D eigenvalue weighted by atomic mass is 16.2. The van der Waals surface area contributed by atoms with E-state index >= 15 is 0 Å². The summed E-state index contributed by atoms with van der Waals surface area (Å²) in [5.74, 6) is -0.209. The van der Waals surface area contributed by atoms with Crippen LogP contribution in [0, 0.1) is 6.92 Å². The van der Waals surface area contributed by atoms with Crippen molar-refractivity contribution in [2.75, 3.05) is 6.54 Å². The molecular weight excluding hydrogens is 242 g/mol. The molecule has 0 aliphatic heterocycles. The van der Waals surface area contributed by atoms with E-state index in [-0.39, 0.29) is 24.5 Å². The Kier molecular flexibility index (Phi) is 5.85. The summed E-state index contributed by atoms with van der Waals surface area (Å²) in [6.07, 6.45) is 0. The van der Waals surface area contributed by atoms with E-state index in [1.165, 1.54) is 5.56 Å². The predicted octanol–water partition coefficient (Wildman–Crippen LogP) is 1.32. The number of hydrogen-bond donors (Lipinski definition) is 3. The van der Waals surface area contributed by atoms with E-state index in [9.17, 15) is 9.59 Å². The fourth-order valence-corrected chi connectivity index (χ4v) is 1.44. The van der Waals surface area contributed by atoms with Gasteiger partial charge >= 0.3 is 6.03 Å². The largest absolute Gasteiger partial charge is 0.350 e. The summed E-state index contributed by atoms with van der Waals surface area (Å²) < 4.78 is 0. The van der Waals surface area contributed by atoms with Crippen molar-refractivity contribution in [2.45, 2.75) is 33.4 Å². The normalized spacial score (nSPS) is 10.1. The van der Waals surface area contributed by atoms with Crippen molar-refractivity contribution >= 4 is 11.9 Å². The molecule has 0 spiro atoms. The van der Waals surface area contributed by atoms with Crippen molar-refractivity contribution in [3.8, 4) is 0 Å². The van der Waals surface area contributed by atoms with Gasteiger partial charge in [0.1, 0.15) is 0 Å². The zero-order valence-electron chi connectivity index (χ0n) is 11.6. The van der Waals surface area contributed by atoms with Crippen LogP contribution in [0.25, 0.3) is 0 Å². The molecule has 19 heavy (non-hydrogen) atoms. The molecule has 1 aromatic carbocycles. The average Bonchev–Trinajstić information content (AvgIpc) is 2.35. The van der Waals surface area contributed by atoms with Crippen LogP contribution < -0.4 is 16.0 Å². The van der Waals surface area contributed by atoms with Crippen LogP contribution in [0.15, 0.2) is 24.3 Å². The van der Waals surface area contributed by atoms with Crippen LogP contribution in [0.5, 0.6) is 0 Å². The third-order valence-electron chi connectivity index (χ3n) is 2.44. The second kappa shape index (κ2) is 7.41. The SMILES string of the molecule is Cc1ccc(CNC(=O)CNC(=O)NC(C)C)cc1. The van der Waals surface area contributed by atoms with E-state index in [1.54, 1.807) is 0 Å². The van der Waals surface area contributed by atoms with Gasteiger partial charge in [-0.3, -0.25) is 4.79 Å². The Balaban J connectivity index is 2.24. The number of amides is 3. The lowest BCUT2D eigenvalue weighted by molar-refractivity contribution is -0.120. The standard InChI is InChI=1S/C14H21N3O2/c1-10(2)17-14(19)16-9-13(18)15-8-12-6-4-11(3)5-7-12/h4-7,10H,8-9H2,1-3H3,(H,15,18)(H2,16,17,19). The van der Waals surface area contributed by atoms with Gasteiger partial charge in [-0.25, -0.2) is 4.79 Å². The van der Waals surface area contributed by atoms with Crippen molar-refractivity contribution in [1.29, 1.82) is 0 Å². The first-order chi connectivity index (χ1) is 8.97. The van der Waals surface area contributed by atoms with Gasteiger partial charge in [-0.05, 0) is 26.3 Å². The van der Waals surface area contributed by atoms with Crippen molar-refractivity contribution in [2.24, 2.45) is 0 Å². The molecule has 0 radical (unpaired) electrons. The summed E-state index contributed by atoms with van der Waals surface area (Å²) in [6, 6.07) is 7.64. The molecule has 3 amide bonds.